The second kappa shape index (κ2) is 5.28. The van der Waals surface area contributed by atoms with Crippen molar-refractivity contribution >= 4 is 21.6 Å². The van der Waals surface area contributed by atoms with Crippen LogP contribution in [-0.4, -0.2) is 30.4 Å². The lowest BCUT2D eigenvalue weighted by atomic mass is 9.83. The Morgan fingerprint density at radius 3 is 2.43 bits per heavy atom. The zero-order valence-electron chi connectivity index (χ0n) is 12.7. The van der Waals surface area contributed by atoms with Crippen LogP contribution < -0.4 is 0 Å². The molecule has 1 saturated carbocycles. The summed E-state index contributed by atoms with van der Waals surface area (Å²) in [5.41, 5.74) is 1.16. The summed E-state index contributed by atoms with van der Waals surface area (Å²) < 4.78 is 29.3. The number of nitrogens with zero attached hydrogens (tertiary/aromatic N) is 2. The Labute approximate surface area is 132 Å². The molecule has 0 unspecified atom stereocenters. The third-order valence-corrected chi connectivity index (χ3v) is 6.84. The van der Waals surface area contributed by atoms with Crippen molar-refractivity contribution in [3.05, 3.63) is 18.0 Å². The van der Waals surface area contributed by atoms with Crippen LogP contribution in [0.4, 0.5) is 0 Å². The SMILES string of the molecule is CC1(C)CCN(S(=O)(=O)c2cc(CCl)n(C3CC3)c2)CC1. The van der Waals surface area contributed by atoms with Crippen molar-refractivity contribution < 1.29 is 8.42 Å². The molecule has 6 heteroatoms. The zero-order chi connectivity index (χ0) is 15.3. The molecule has 1 aromatic rings. The second-order valence-corrected chi connectivity index (χ2v) is 9.21. The van der Waals surface area contributed by atoms with E-state index in [0.29, 0.717) is 29.9 Å². The second-order valence-electron chi connectivity index (χ2n) is 7.01. The van der Waals surface area contributed by atoms with Gasteiger partial charge in [0.15, 0.2) is 0 Å². The summed E-state index contributed by atoms with van der Waals surface area (Å²) in [5, 5.41) is 0. The third-order valence-electron chi connectivity index (χ3n) is 4.70. The van der Waals surface area contributed by atoms with E-state index in [4.69, 9.17) is 11.6 Å². The molecule has 3 rings (SSSR count). The number of piperidine rings is 1. The molecule has 0 atom stereocenters. The first-order valence-electron chi connectivity index (χ1n) is 7.60. The smallest absolute Gasteiger partial charge is 0.244 e. The van der Waals surface area contributed by atoms with Crippen LogP contribution in [0, 0.1) is 5.41 Å². The normalized spacial score (nSPS) is 23.4. The Bertz CT molecular complexity index is 622. The van der Waals surface area contributed by atoms with Gasteiger partial charge in [-0.2, -0.15) is 4.31 Å². The average molecular weight is 331 g/mol. The maximum atomic E-state index is 12.8. The molecule has 0 radical (unpaired) electrons. The highest BCUT2D eigenvalue weighted by Crippen LogP contribution is 2.38. The van der Waals surface area contributed by atoms with Gasteiger partial charge in [0, 0.05) is 31.0 Å². The monoisotopic (exact) mass is 330 g/mol. The quantitative estimate of drug-likeness (QED) is 0.794. The first-order chi connectivity index (χ1) is 9.83. The van der Waals surface area contributed by atoms with E-state index in [0.717, 1.165) is 31.4 Å². The van der Waals surface area contributed by atoms with Crippen molar-refractivity contribution in [3.8, 4) is 0 Å². The summed E-state index contributed by atoms with van der Waals surface area (Å²) >= 11 is 5.96. The van der Waals surface area contributed by atoms with Crippen LogP contribution in [0.3, 0.4) is 0 Å². The third kappa shape index (κ3) is 3.01. The summed E-state index contributed by atoms with van der Waals surface area (Å²) in [7, 11) is -3.38. The standard InChI is InChI=1S/C15H23ClN2O2S/c1-15(2)5-7-17(8-6-15)21(19,20)14-9-13(10-16)18(11-14)12-3-4-12/h9,11-12H,3-8,10H2,1-2H3. The molecule has 1 aliphatic carbocycles. The van der Waals surface area contributed by atoms with Gasteiger partial charge < -0.3 is 4.57 Å². The summed E-state index contributed by atoms with van der Waals surface area (Å²) in [6, 6.07) is 2.20. The highest BCUT2D eigenvalue weighted by Gasteiger charge is 2.34. The highest BCUT2D eigenvalue weighted by atomic mass is 35.5. The molecule has 0 N–H and O–H groups in total. The van der Waals surface area contributed by atoms with E-state index in [-0.39, 0.29) is 5.41 Å². The lowest BCUT2D eigenvalue weighted by Gasteiger charge is -2.35. The molecule has 2 aliphatic rings. The van der Waals surface area contributed by atoms with Gasteiger partial charge in [-0.3, -0.25) is 0 Å². The lowest BCUT2D eigenvalue weighted by Crippen LogP contribution is -2.40. The lowest BCUT2D eigenvalue weighted by molar-refractivity contribution is 0.196. The van der Waals surface area contributed by atoms with Crippen LogP contribution in [0.2, 0.25) is 0 Å². The average Bonchev–Trinajstić information content (AvgIpc) is 3.17. The number of halogens is 1. The molecule has 118 valence electrons. The van der Waals surface area contributed by atoms with Crippen LogP contribution in [0.15, 0.2) is 17.2 Å². The summed E-state index contributed by atoms with van der Waals surface area (Å²) in [5.74, 6) is 0.360. The predicted octanol–water partition coefficient (Wildman–Crippen LogP) is 3.37. The minimum atomic E-state index is -3.38. The fourth-order valence-corrected chi connectivity index (χ4v) is 4.63. The van der Waals surface area contributed by atoms with E-state index in [1.165, 1.54) is 0 Å². The Morgan fingerprint density at radius 1 is 1.29 bits per heavy atom. The summed E-state index contributed by atoms with van der Waals surface area (Å²) in [4.78, 5) is 0.407. The van der Waals surface area contributed by atoms with Crippen LogP contribution in [-0.2, 0) is 15.9 Å². The Morgan fingerprint density at radius 2 is 1.90 bits per heavy atom. The number of aromatic nitrogens is 1. The molecule has 0 bridgehead atoms. The molecule has 0 aromatic carbocycles. The van der Waals surface area contributed by atoms with Crippen LogP contribution in [0.1, 0.15) is 51.3 Å². The first kappa shape index (κ1) is 15.4. The Kier molecular flexibility index (Phi) is 3.87. The van der Waals surface area contributed by atoms with Crippen molar-refractivity contribution in [2.75, 3.05) is 13.1 Å². The van der Waals surface area contributed by atoms with Gasteiger partial charge in [0.2, 0.25) is 10.0 Å². The number of sulfonamides is 1. The van der Waals surface area contributed by atoms with Gasteiger partial charge >= 0.3 is 0 Å². The van der Waals surface area contributed by atoms with E-state index >= 15 is 0 Å². The molecule has 1 saturated heterocycles. The molecule has 1 aliphatic heterocycles. The largest absolute Gasteiger partial charge is 0.346 e. The van der Waals surface area contributed by atoms with E-state index < -0.39 is 10.0 Å². The molecule has 2 heterocycles. The molecular weight excluding hydrogens is 308 g/mol. The van der Waals surface area contributed by atoms with Gasteiger partial charge in [0.25, 0.3) is 0 Å². The highest BCUT2D eigenvalue weighted by molar-refractivity contribution is 7.89. The maximum absolute atomic E-state index is 12.8. The van der Waals surface area contributed by atoms with Crippen LogP contribution in [0.5, 0.6) is 0 Å². The van der Waals surface area contributed by atoms with E-state index in [1.54, 1.807) is 16.6 Å². The predicted molar refractivity (Wildman–Crippen MR) is 84.0 cm³/mol. The molecule has 1 aromatic heterocycles. The minimum Gasteiger partial charge on any atom is -0.346 e. The summed E-state index contributed by atoms with van der Waals surface area (Å²) in [6.45, 7) is 5.62. The van der Waals surface area contributed by atoms with Crippen molar-refractivity contribution in [1.29, 1.82) is 0 Å². The zero-order valence-corrected chi connectivity index (χ0v) is 14.3. The summed E-state index contributed by atoms with van der Waals surface area (Å²) in [6.07, 6.45) is 5.85. The fourth-order valence-electron chi connectivity index (χ4n) is 2.92. The van der Waals surface area contributed by atoms with Crippen LogP contribution >= 0.6 is 11.6 Å². The number of hydrogen-bond acceptors (Lipinski definition) is 2. The van der Waals surface area contributed by atoms with Gasteiger partial charge in [-0.15, -0.1) is 11.6 Å². The topological polar surface area (TPSA) is 42.3 Å². The van der Waals surface area contributed by atoms with Gasteiger partial charge in [-0.25, -0.2) is 8.42 Å². The Hall–Kier alpha value is -0.520. The molecule has 4 nitrogen and oxygen atoms in total. The fraction of sp³-hybridized carbons (Fsp3) is 0.733. The van der Waals surface area contributed by atoms with Crippen molar-refractivity contribution in [1.82, 2.24) is 8.87 Å². The van der Waals surface area contributed by atoms with Crippen LogP contribution in [0.25, 0.3) is 0 Å². The molecular formula is C15H23ClN2O2S. The number of hydrogen-bond donors (Lipinski definition) is 0. The van der Waals surface area contributed by atoms with E-state index in [1.807, 2.05) is 4.57 Å². The molecule has 2 fully saturated rings. The van der Waals surface area contributed by atoms with Gasteiger partial charge in [0.05, 0.1) is 5.88 Å². The van der Waals surface area contributed by atoms with Gasteiger partial charge in [-0.05, 0) is 37.2 Å². The molecule has 21 heavy (non-hydrogen) atoms. The number of rotatable bonds is 4. The molecule has 0 amide bonds. The minimum absolute atomic E-state index is 0.243. The van der Waals surface area contributed by atoms with Crippen molar-refractivity contribution in [2.45, 2.75) is 56.3 Å². The van der Waals surface area contributed by atoms with E-state index in [9.17, 15) is 8.42 Å². The first-order valence-corrected chi connectivity index (χ1v) is 9.58. The van der Waals surface area contributed by atoms with E-state index in [2.05, 4.69) is 13.8 Å². The maximum Gasteiger partial charge on any atom is 0.244 e. The van der Waals surface area contributed by atoms with Crippen molar-refractivity contribution in [2.24, 2.45) is 5.41 Å². The van der Waals surface area contributed by atoms with Gasteiger partial charge in [-0.1, -0.05) is 13.8 Å². The van der Waals surface area contributed by atoms with Gasteiger partial charge in [0.1, 0.15) is 4.90 Å². The Balaban J connectivity index is 1.85. The number of alkyl halides is 1. The van der Waals surface area contributed by atoms with Crippen molar-refractivity contribution in [3.63, 3.8) is 0 Å². The molecule has 0 spiro atoms.